The van der Waals surface area contributed by atoms with Crippen LogP contribution < -0.4 is 5.32 Å². The van der Waals surface area contributed by atoms with E-state index in [-0.39, 0.29) is 18.5 Å². The van der Waals surface area contributed by atoms with Gasteiger partial charge in [0.25, 0.3) is 0 Å². The van der Waals surface area contributed by atoms with Gasteiger partial charge in [-0.05, 0) is 84.0 Å². The first-order chi connectivity index (χ1) is 30.7. The van der Waals surface area contributed by atoms with Gasteiger partial charge in [-0.25, -0.2) is 0 Å². The maximum Gasteiger partial charge on any atom is 0.305 e. The number of aliphatic hydroxyl groups excluding tert-OH is 5. The topological polar surface area (TPSA) is 175 Å². The second kappa shape index (κ2) is 42.0. The van der Waals surface area contributed by atoms with Crippen molar-refractivity contribution in [1.29, 1.82) is 0 Å². The Morgan fingerprint density at radius 2 is 1.14 bits per heavy atom. The molecule has 0 aromatic heterocycles. The summed E-state index contributed by atoms with van der Waals surface area (Å²) >= 11 is 0. The van der Waals surface area contributed by atoms with Gasteiger partial charge in [0, 0.05) is 12.8 Å². The first kappa shape index (κ1) is 58.4. The lowest BCUT2D eigenvalue weighted by Crippen LogP contribution is -2.60. The minimum atomic E-state index is -1.59. The van der Waals surface area contributed by atoms with E-state index in [2.05, 4.69) is 54.8 Å². The summed E-state index contributed by atoms with van der Waals surface area (Å²) in [7, 11) is 0. The SMILES string of the molecule is C/C=C/CC/C=C/CC/C=C/C(O)C(COC1OC(CO)C(O)C(O)C1O)NC(=O)CCCCCCCC/C=C\C=C/CCCCCOC(=O)CCCCCCCCCCCCC. The quantitative estimate of drug-likeness (QED) is 0.0150. The van der Waals surface area contributed by atoms with Crippen LogP contribution in [0.2, 0.25) is 0 Å². The number of hydrogen-bond acceptors (Lipinski definition) is 10. The van der Waals surface area contributed by atoms with Crippen LogP contribution in [0.4, 0.5) is 0 Å². The molecular formula is C52H91NO10. The molecular weight excluding hydrogens is 799 g/mol. The Bertz CT molecular complexity index is 1230. The second-order valence-electron chi connectivity index (χ2n) is 17.2. The zero-order chi connectivity index (χ0) is 46.0. The van der Waals surface area contributed by atoms with Crippen LogP contribution in [0.25, 0.3) is 0 Å². The number of hydrogen-bond donors (Lipinski definition) is 6. The van der Waals surface area contributed by atoms with Gasteiger partial charge in [-0.2, -0.15) is 0 Å². The summed E-state index contributed by atoms with van der Waals surface area (Å²) in [5, 5.41) is 54.0. The summed E-state index contributed by atoms with van der Waals surface area (Å²) in [6.07, 6.45) is 41.9. The summed E-state index contributed by atoms with van der Waals surface area (Å²) < 4.78 is 16.6. The summed E-state index contributed by atoms with van der Waals surface area (Å²) in [6, 6.07) is -0.850. The van der Waals surface area contributed by atoms with Crippen molar-refractivity contribution in [2.75, 3.05) is 19.8 Å². The largest absolute Gasteiger partial charge is 0.466 e. The fraction of sp³-hybridized carbons (Fsp3) is 0.769. The van der Waals surface area contributed by atoms with E-state index in [9.17, 15) is 35.1 Å². The van der Waals surface area contributed by atoms with Gasteiger partial charge in [-0.3, -0.25) is 9.59 Å². The smallest absolute Gasteiger partial charge is 0.305 e. The number of carbonyl (C=O) groups is 2. The van der Waals surface area contributed by atoms with E-state index in [1.165, 1.54) is 57.8 Å². The molecule has 1 amide bonds. The molecule has 1 fully saturated rings. The van der Waals surface area contributed by atoms with Crippen LogP contribution in [-0.4, -0.2) is 100 Å². The molecule has 364 valence electrons. The van der Waals surface area contributed by atoms with Crippen molar-refractivity contribution in [3.8, 4) is 0 Å². The normalized spacial score (nSPS) is 20.5. The Morgan fingerprint density at radius 1 is 0.619 bits per heavy atom. The van der Waals surface area contributed by atoms with Gasteiger partial charge < -0.3 is 45.1 Å². The third-order valence-electron chi connectivity index (χ3n) is 11.5. The molecule has 11 heteroatoms. The molecule has 6 N–H and O–H groups in total. The Labute approximate surface area is 382 Å². The van der Waals surface area contributed by atoms with Gasteiger partial charge in [-0.15, -0.1) is 0 Å². The lowest BCUT2D eigenvalue weighted by molar-refractivity contribution is -0.302. The molecule has 0 aromatic carbocycles. The van der Waals surface area contributed by atoms with Crippen molar-refractivity contribution in [1.82, 2.24) is 5.32 Å². The average Bonchev–Trinajstić information content (AvgIpc) is 3.28. The molecule has 63 heavy (non-hydrogen) atoms. The number of ether oxygens (including phenoxy) is 3. The lowest BCUT2D eigenvalue weighted by Gasteiger charge is -2.40. The van der Waals surface area contributed by atoms with Gasteiger partial charge in [0.15, 0.2) is 6.29 Å². The Balaban J connectivity index is 2.18. The van der Waals surface area contributed by atoms with E-state index < -0.39 is 49.5 Å². The van der Waals surface area contributed by atoms with Crippen LogP contribution in [-0.2, 0) is 23.8 Å². The number of esters is 1. The van der Waals surface area contributed by atoms with E-state index in [0.717, 1.165) is 96.3 Å². The predicted octanol–water partition coefficient (Wildman–Crippen LogP) is 9.94. The van der Waals surface area contributed by atoms with Crippen LogP contribution in [0, 0.1) is 0 Å². The fourth-order valence-electron chi connectivity index (χ4n) is 7.40. The standard InChI is InChI=1S/C52H91NO10/c1-3-5-7-9-11-13-19-24-28-32-36-40-48(57)61-41-37-33-29-25-21-18-16-14-15-17-20-23-27-31-35-39-47(56)53-44(45(55)38-34-30-26-22-12-10-8-6-4-2)43-62-52-51(60)50(59)49(58)46(42-54)63-52/h4,6,12,14,16,18,21-22,34,38,44-46,49-52,54-55,58-60H,3,5,7-11,13,15,17,19-20,23-33,35-37,39-43H2,1-2H3,(H,53,56)/b6-4+,16-14-,21-18-,22-12+,38-34+. The molecule has 1 heterocycles. The first-order valence-corrected chi connectivity index (χ1v) is 25.0. The highest BCUT2D eigenvalue weighted by Gasteiger charge is 2.44. The number of nitrogens with one attached hydrogen (secondary N) is 1. The van der Waals surface area contributed by atoms with Gasteiger partial charge in [0.1, 0.15) is 24.4 Å². The zero-order valence-corrected chi connectivity index (χ0v) is 39.5. The Morgan fingerprint density at radius 3 is 1.73 bits per heavy atom. The molecule has 0 bridgehead atoms. The molecule has 7 atom stereocenters. The molecule has 0 spiro atoms. The average molecular weight is 890 g/mol. The van der Waals surface area contributed by atoms with Crippen molar-refractivity contribution < 1.29 is 49.3 Å². The zero-order valence-electron chi connectivity index (χ0n) is 39.5. The van der Waals surface area contributed by atoms with Gasteiger partial charge in [0.05, 0.1) is 32.0 Å². The van der Waals surface area contributed by atoms with E-state index in [4.69, 9.17) is 14.2 Å². The minimum absolute atomic E-state index is 0.0444. The first-order valence-electron chi connectivity index (χ1n) is 25.0. The molecule has 11 nitrogen and oxygen atoms in total. The van der Waals surface area contributed by atoms with Crippen molar-refractivity contribution in [3.05, 3.63) is 60.8 Å². The van der Waals surface area contributed by atoms with Crippen molar-refractivity contribution in [3.63, 3.8) is 0 Å². The molecule has 0 aliphatic carbocycles. The monoisotopic (exact) mass is 890 g/mol. The minimum Gasteiger partial charge on any atom is -0.466 e. The lowest BCUT2D eigenvalue weighted by atomic mass is 9.99. The number of unbranched alkanes of at least 4 members (excludes halogenated alkanes) is 21. The third kappa shape index (κ3) is 32.6. The summed E-state index contributed by atoms with van der Waals surface area (Å²) in [4.78, 5) is 24.9. The Kier molecular flexibility index (Phi) is 38.9. The van der Waals surface area contributed by atoms with Crippen LogP contribution >= 0.6 is 0 Å². The van der Waals surface area contributed by atoms with Crippen LogP contribution in [0.15, 0.2) is 60.8 Å². The number of rotatable bonds is 41. The van der Waals surface area contributed by atoms with Gasteiger partial charge in [-0.1, -0.05) is 158 Å². The maximum atomic E-state index is 12.9. The highest BCUT2D eigenvalue weighted by Crippen LogP contribution is 2.22. The van der Waals surface area contributed by atoms with Gasteiger partial charge >= 0.3 is 5.97 Å². The molecule has 0 radical (unpaired) electrons. The van der Waals surface area contributed by atoms with Gasteiger partial charge in [0.2, 0.25) is 5.91 Å². The van der Waals surface area contributed by atoms with E-state index in [0.29, 0.717) is 32.3 Å². The second-order valence-corrected chi connectivity index (χ2v) is 17.2. The molecule has 1 aliphatic rings. The molecule has 0 saturated carbocycles. The Hall–Kier alpha value is -2.64. The predicted molar refractivity (Wildman–Crippen MR) is 255 cm³/mol. The van der Waals surface area contributed by atoms with E-state index in [1.807, 2.05) is 19.1 Å². The summed E-state index contributed by atoms with van der Waals surface area (Å²) in [5.41, 5.74) is 0. The highest BCUT2D eigenvalue weighted by molar-refractivity contribution is 5.76. The molecule has 0 aromatic rings. The summed E-state index contributed by atoms with van der Waals surface area (Å²) in [5.74, 6) is -0.269. The number of aliphatic hydroxyl groups is 5. The summed E-state index contributed by atoms with van der Waals surface area (Å²) in [6.45, 7) is 3.98. The fourth-order valence-corrected chi connectivity index (χ4v) is 7.40. The molecule has 1 rings (SSSR count). The van der Waals surface area contributed by atoms with Crippen LogP contribution in [0.3, 0.4) is 0 Å². The van der Waals surface area contributed by atoms with Crippen molar-refractivity contribution in [2.45, 2.75) is 236 Å². The number of allylic oxidation sites excluding steroid dienone is 9. The number of amides is 1. The van der Waals surface area contributed by atoms with Crippen LogP contribution in [0.1, 0.15) is 194 Å². The third-order valence-corrected chi connectivity index (χ3v) is 11.5. The van der Waals surface area contributed by atoms with E-state index in [1.54, 1.807) is 6.08 Å². The maximum absolute atomic E-state index is 12.9. The molecule has 1 aliphatic heterocycles. The van der Waals surface area contributed by atoms with E-state index >= 15 is 0 Å². The molecule has 1 saturated heterocycles. The van der Waals surface area contributed by atoms with Crippen molar-refractivity contribution >= 4 is 11.9 Å². The number of carbonyl (C=O) groups excluding carboxylic acids is 2. The van der Waals surface area contributed by atoms with Crippen LogP contribution in [0.5, 0.6) is 0 Å². The molecule has 7 unspecified atom stereocenters. The van der Waals surface area contributed by atoms with Crippen molar-refractivity contribution in [2.24, 2.45) is 0 Å². The highest BCUT2D eigenvalue weighted by atomic mass is 16.7.